The van der Waals surface area contributed by atoms with Gasteiger partial charge in [0.2, 0.25) is 0 Å². The first-order valence-electron chi connectivity index (χ1n) is 5.21. The molecular weight excluding hydrogens is 242 g/mol. The van der Waals surface area contributed by atoms with Gasteiger partial charge in [0.05, 0.1) is 0 Å². The number of amides is 1. The summed E-state index contributed by atoms with van der Waals surface area (Å²) >= 11 is 5.70. The molecule has 4 nitrogen and oxygen atoms in total. The number of carbonyl (C=O) groups excluding carboxylic acids is 1. The Morgan fingerprint density at radius 3 is 2.18 bits per heavy atom. The summed E-state index contributed by atoms with van der Waals surface area (Å²) in [4.78, 5) is 22.7. The lowest BCUT2D eigenvalue weighted by molar-refractivity contribution is -0.140. The van der Waals surface area contributed by atoms with Gasteiger partial charge in [-0.3, -0.25) is 4.79 Å². The number of halogens is 1. The third-order valence-corrected chi connectivity index (χ3v) is 2.58. The summed E-state index contributed by atoms with van der Waals surface area (Å²) in [5, 5.41) is 11.9. The molecule has 0 bridgehead atoms. The molecule has 0 spiro atoms. The second-order valence-electron chi connectivity index (χ2n) is 4.04. The van der Waals surface area contributed by atoms with Crippen molar-refractivity contribution in [3.63, 3.8) is 0 Å². The van der Waals surface area contributed by atoms with Gasteiger partial charge >= 0.3 is 5.97 Å². The molecule has 0 aromatic heterocycles. The number of hydrogen-bond acceptors (Lipinski definition) is 2. The van der Waals surface area contributed by atoms with Crippen molar-refractivity contribution in [2.24, 2.45) is 5.92 Å². The van der Waals surface area contributed by atoms with Crippen LogP contribution < -0.4 is 5.32 Å². The summed E-state index contributed by atoms with van der Waals surface area (Å²) in [6, 6.07) is 5.38. The molecule has 0 heterocycles. The Labute approximate surface area is 105 Å². The molecule has 92 valence electrons. The van der Waals surface area contributed by atoms with E-state index < -0.39 is 17.9 Å². The highest BCUT2D eigenvalue weighted by Crippen LogP contribution is 2.10. The maximum Gasteiger partial charge on any atom is 0.326 e. The number of nitrogens with one attached hydrogen (secondary N) is 1. The molecule has 2 N–H and O–H groups in total. The fraction of sp³-hybridized carbons (Fsp3) is 0.333. The highest BCUT2D eigenvalue weighted by molar-refractivity contribution is 6.30. The van der Waals surface area contributed by atoms with Crippen LogP contribution in [-0.4, -0.2) is 23.0 Å². The van der Waals surface area contributed by atoms with E-state index in [-0.39, 0.29) is 5.92 Å². The zero-order valence-corrected chi connectivity index (χ0v) is 10.4. The molecular formula is C12H14ClNO3. The molecule has 0 saturated heterocycles. The van der Waals surface area contributed by atoms with Crippen LogP contribution in [0.2, 0.25) is 5.02 Å². The van der Waals surface area contributed by atoms with Crippen molar-refractivity contribution in [1.29, 1.82) is 0 Å². The fourth-order valence-corrected chi connectivity index (χ4v) is 1.47. The molecule has 1 aromatic carbocycles. The van der Waals surface area contributed by atoms with E-state index in [1.165, 1.54) is 0 Å². The van der Waals surface area contributed by atoms with Crippen LogP contribution in [0.4, 0.5) is 0 Å². The fourth-order valence-electron chi connectivity index (χ4n) is 1.34. The Balaban J connectivity index is 2.77. The van der Waals surface area contributed by atoms with Gasteiger partial charge in [0.1, 0.15) is 6.04 Å². The first-order valence-corrected chi connectivity index (χ1v) is 5.59. The molecule has 0 aliphatic carbocycles. The smallest absolute Gasteiger partial charge is 0.326 e. The maximum atomic E-state index is 11.8. The van der Waals surface area contributed by atoms with E-state index in [9.17, 15) is 9.59 Å². The molecule has 0 aliphatic heterocycles. The zero-order chi connectivity index (χ0) is 13.0. The van der Waals surface area contributed by atoms with Gasteiger partial charge in [0.25, 0.3) is 5.91 Å². The molecule has 1 amide bonds. The van der Waals surface area contributed by atoms with Crippen LogP contribution in [0.1, 0.15) is 24.2 Å². The van der Waals surface area contributed by atoms with Gasteiger partial charge in [-0.25, -0.2) is 4.79 Å². The highest BCUT2D eigenvalue weighted by Gasteiger charge is 2.23. The normalized spacial score (nSPS) is 12.2. The van der Waals surface area contributed by atoms with Crippen LogP contribution in [-0.2, 0) is 4.79 Å². The molecule has 0 fully saturated rings. The molecule has 17 heavy (non-hydrogen) atoms. The first-order chi connectivity index (χ1) is 7.91. The van der Waals surface area contributed by atoms with Gasteiger partial charge in [0, 0.05) is 10.6 Å². The quantitative estimate of drug-likeness (QED) is 0.867. The van der Waals surface area contributed by atoms with E-state index in [1.54, 1.807) is 38.1 Å². The summed E-state index contributed by atoms with van der Waals surface area (Å²) in [5.41, 5.74) is 0.390. The van der Waals surface area contributed by atoms with E-state index in [1.807, 2.05) is 0 Å². The Morgan fingerprint density at radius 2 is 1.76 bits per heavy atom. The van der Waals surface area contributed by atoms with E-state index in [4.69, 9.17) is 16.7 Å². The van der Waals surface area contributed by atoms with Crippen LogP contribution in [0.3, 0.4) is 0 Å². The molecule has 1 aromatic rings. The van der Waals surface area contributed by atoms with E-state index in [2.05, 4.69) is 5.32 Å². The second-order valence-corrected chi connectivity index (χ2v) is 4.48. The van der Waals surface area contributed by atoms with Crippen molar-refractivity contribution >= 4 is 23.5 Å². The standard InChI is InChI=1S/C12H14ClNO3/c1-7(2)10(12(16)17)14-11(15)8-3-5-9(13)6-4-8/h3-7,10H,1-2H3,(H,14,15)(H,16,17)/t10-/m0/s1. The molecule has 0 aliphatic rings. The largest absolute Gasteiger partial charge is 0.480 e. The summed E-state index contributed by atoms with van der Waals surface area (Å²) in [6.07, 6.45) is 0. The van der Waals surface area contributed by atoms with Gasteiger partial charge in [-0.2, -0.15) is 0 Å². The summed E-state index contributed by atoms with van der Waals surface area (Å²) < 4.78 is 0. The predicted octanol–water partition coefficient (Wildman–Crippen LogP) is 2.18. The lowest BCUT2D eigenvalue weighted by atomic mass is 10.0. The minimum absolute atomic E-state index is 0.177. The highest BCUT2D eigenvalue weighted by atomic mass is 35.5. The number of aliphatic carboxylic acids is 1. The van der Waals surface area contributed by atoms with Crippen LogP contribution >= 0.6 is 11.6 Å². The molecule has 0 radical (unpaired) electrons. The van der Waals surface area contributed by atoms with Crippen LogP contribution in [0.5, 0.6) is 0 Å². The monoisotopic (exact) mass is 255 g/mol. The van der Waals surface area contributed by atoms with Crippen LogP contribution in [0.15, 0.2) is 24.3 Å². The summed E-state index contributed by atoms with van der Waals surface area (Å²) in [5.74, 6) is -1.63. The Bertz CT molecular complexity index is 414. The number of carboxylic acid groups (broad SMARTS) is 1. The third kappa shape index (κ3) is 3.75. The SMILES string of the molecule is CC(C)[C@H](NC(=O)c1ccc(Cl)cc1)C(=O)O. The lowest BCUT2D eigenvalue weighted by Gasteiger charge is -2.17. The van der Waals surface area contributed by atoms with E-state index in [0.29, 0.717) is 10.6 Å². The van der Waals surface area contributed by atoms with Crippen molar-refractivity contribution in [1.82, 2.24) is 5.32 Å². The van der Waals surface area contributed by atoms with Gasteiger partial charge in [-0.05, 0) is 30.2 Å². The van der Waals surface area contributed by atoms with E-state index >= 15 is 0 Å². The molecule has 0 unspecified atom stereocenters. The maximum absolute atomic E-state index is 11.8. The third-order valence-electron chi connectivity index (χ3n) is 2.33. The minimum atomic E-state index is -1.04. The Kier molecular flexibility index (Phi) is 4.52. The van der Waals surface area contributed by atoms with E-state index in [0.717, 1.165) is 0 Å². The first kappa shape index (κ1) is 13.5. The molecule has 1 rings (SSSR count). The number of carbonyl (C=O) groups is 2. The Morgan fingerprint density at radius 1 is 1.24 bits per heavy atom. The van der Waals surface area contributed by atoms with Crippen LogP contribution in [0.25, 0.3) is 0 Å². The van der Waals surface area contributed by atoms with Gasteiger partial charge in [-0.1, -0.05) is 25.4 Å². The van der Waals surface area contributed by atoms with Crippen molar-refractivity contribution in [2.75, 3.05) is 0 Å². The zero-order valence-electron chi connectivity index (χ0n) is 9.61. The van der Waals surface area contributed by atoms with Crippen molar-refractivity contribution < 1.29 is 14.7 Å². The minimum Gasteiger partial charge on any atom is -0.480 e. The summed E-state index contributed by atoms with van der Waals surface area (Å²) in [6.45, 7) is 3.47. The average molecular weight is 256 g/mol. The Hall–Kier alpha value is -1.55. The predicted molar refractivity (Wildman–Crippen MR) is 65.2 cm³/mol. The molecule has 0 saturated carbocycles. The lowest BCUT2D eigenvalue weighted by Crippen LogP contribution is -2.44. The van der Waals surface area contributed by atoms with Crippen LogP contribution in [0, 0.1) is 5.92 Å². The molecule has 1 atom stereocenters. The van der Waals surface area contributed by atoms with Crippen molar-refractivity contribution in [3.8, 4) is 0 Å². The molecule has 5 heteroatoms. The number of benzene rings is 1. The topological polar surface area (TPSA) is 66.4 Å². The van der Waals surface area contributed by atoms with Crippen molar-refractivity contribution in [2.45, 2.75) is 19.9 Å². The van der Waals surface area contributed by atoms with Gasteiger partial charge < -0.3 is 10.4 Å². The number of rotatable bonds is 4. The number of carboxylic acids is 1. The average Bonchev–Trinajstić information content (AvgIpc) is 2.25. The van der Waals surface area contributed by atoms with Gasteiger partial charge in [0.15, 0.2) is 0 Å². The van der Waals surface area contributed by atoms with Gasteiger partial charge in [-0.15, -0.1) is 0 Å². The number of hydrogen-bond donors (Lipinski definition) is 2. The van der Waals surface area contributed by atoms with Crippen molar-refractivity contribution in [3.05, 3.63) is 34.9 Å². The second kappa shape index (κ2) is 5.68. The summed E-state index contributed by atoms with van der Waals surface area (Å²) in [7, 11) is 0.